The minimum absolute atomic E-state index is 0.0545. The molecule has 0 spiro atoms. The summed E-state index contributed by atoms with van der Waals surface area (Å²) in [7, 11) is 0. The molecule has 0 saturated heterocycles. The number of hydrogen-bond acceptors (Lipinski definition) is 5. The summed E-state index contributed by atoms with van der Waals surface area (Å²) in [5.74, 6) is -0.227. The predicted molar refractivity (Wildman–Crippen MR) is 148 cm³/mol. The zero-order valence-corrected chi connectivity index (χ0v) is 21.2. The lowest BCUT2D eigenvalue weighted by Crippen LogP contribution is -2.33. The SMILES string of the molecule is O=C(NC(=S)Nc1ccc(NC(=O)c2cc3ccccc3o2)cc1)c1ccc(-c2cccc(Cl)c2Cl)o1. The number of anilines is 2. The van der Waals surface area contributed by atoms with Gasteiger partial charge in [0.2, 0.25) is 0 Å². The van der Waals surface area contributed by atoms with E-state index in [1.165, 1.54) is 6.07 Å². The van der Waals surface area contributed by atoms with Gasteiger partial charge in [0.1, 0.15) is 11.3 Å². The van der Waals surface area contributed by atoms with Crippen LogP contribution in [0.25, 0.3) is 22.3 Å². The highest BCUT2D eigenvalue weighted by Gasteiger charge is 2.16. The van der Waals surface area contributed by atoms with Gasteiger partial charge in [-0.05, 0) is 72.9 Å². The number of amides is 2. The lowest BCUT2D eigenvalue weighted by Gasteiger charge is -2.10. The quantitative estimate of drug-likeness (QED) is 0.198. The van der Waals surface area contributed by atoms with Crippen LogP contribution in [0, 0.1) is 0 Å². The Labute approximate surface area is 226 Å². The average Bonchev–Trinajstić information content (AvgIpc) is 3.55. The van der Waals surface area contributed by atoms with Gasteiger partial charge >= 0.3 is 0 Å². The summed E-state index contributed by atoms with van der Waals surface area (Å²) in [5, 5.41) is 9.90. The third-order valence-electron chi connectivity index (χ3n) is 5.32. The van der Waals surface area contributed by atoms with E-state index >= 15 is 0 Å². The number of halogens is 2. The zero-order valence-electron chi connectivity index (χ0n) is 18.9. The molecule has 0 radical (unpaired) electrons. The molecular formula is C27H17Cl2N3O4S. The first-order chi connectivity index (χ1) is 17.9. The molecule has 3 aromatic carbocycles. The van der Waals surface area contributed by atoms with Crippen LogP contribution in [0.1, 0.15) is 21.1 Å². The maximum Gasteiger partial charge on any atom is 0.293 e. The summed E-state index contributed by atoms with van der Waals surface area (Å²) < 4.78 is 11.2. The largest absolute Gasteiger partial charge is 0.451 e. The molecule has 0 saturated carbocycles. The topological polar surface area (TPSA) is 96.5 Å². The lowest BCUT2D eigenvalue weighted by molar-refractivity contribution is 0.0950. The fourth-order valence-corrected chi connectivity index (χ4v) is 4.15. The van der Waals surface area contributed by atoms with Gasteiger partial charge in [0.15, 0.2) is 16.6 Å². The summed E-state index contributed by atoms with van der Waals surface area (Å²) in [6.45, 7) is 0. The van der Waals surface area contributed by atoms with Crippen molar-refractivity contribution in [3.05, 3.63) is 106 Å². The molecular weight excluding hydrogens is 533 g/mol. The van der Waals surface area contributed by atoms with Crippen LogP contribution in [-0.2, 0) is 0 Å². The van der Waals surface area contributed by atoms with Crippen LogP contribution in [0.2, 0.25) is 10.0 Å². The Bertz CT molecular complexity index is 1610. The van der Waals surface area contributed by atoms with Crippen molar-refractivity contribution < 1.29 is 18.4 Å². The number of fused-ring (bicyclic) bond motifs is 1. The standard InChI is InChI=1S/C27H17Cl2N3O4S/c28-19-6-3-5-18(24(19)29)21-12-13-22(36-21)25(33)32-27(37)31-17-10-8-16(9-11-17)30-26(34)23-14-15-4-1-2-7-20(15)35-23/h1-14H,(H,30,34)(H2,31,32,33,37). The third-order valence-corrected chi connectivity index (χ3v) is 6.35. The van der Waals surface area contributed by atoms with Crippen LogP contribution < -0.4 is 16.0 Å². The molecule has 10 heteroatoms. The second kappa shape index (κ2) is 10.5. The molecule has 0 aliphatic rings. The normalized spacial score (nSPS) is 10.8. The Kier molecular flexibility index (Phi) is 6.96. The molecule has 0 atom stereocenters. The van der Waals surface area contributed by atoms with Crippen molar-refractivity contribution in [3.8, 4) is 11.3 Å². The Hall–Kier alpha value is -4.11. The van der Waals surface area contributed by atoms with Gasteiger partial charge in [0.25, 0.3) is 11.8 Å². The molecule has 0 unspecified atom stereocenters. The molecule has 37 heavy (non-hydrogen) atoms. The van der Waals surface area contributed by atoms with E-state index in [0.717, 1.165) is 5.39 Å². The number of thiocarbonyl (C=S) groups is 1. The van der Waals surface area contributed by atoms with Crippen LogP contribution in [0.15, 0.2) is 93.8 Å². The summed E-state index contributed by atoms with van der Waals surface area (Å²) >= 11 is 17.5. The minimum Gasteiger partial charge on any atom is -0.451 e. The van der Waals surface area contributed by atoms with Crippen LogP contribution >= 0.6 is 35.4 Å². The second-order valence-electron chi connectivity index (χ2n) is 7.85. The van der Waals surface area contributed by atoms with Crippen molar-refractivity contribution >= 4 is 74.7 Å². The minimum atomic E-state index is -0.531. The monoisotopic (exact) mass is 549 g/mol. The van der Waals surface area contributed by atoms with Gasteiger partial charge in [-0.25, -0.2) is 0 Å². The van der Waals surface area contributed by atoms with E-state index in [2.05, 4.69) is 16.0 Å². The van der Waals surface area contributed by atoms with Crippen molar-refractivity contribution in [3.63, 3.8) is 0 Å². The fraction of sp³-hybridized carbons (Fsp3) is 0. The molecule has 0 bridgehead atoms. The first-order valence-corrected chi connectivity index (χ1v) is 12.1. The molecule has 7 nitrogen and oxygen atoms in total. The van der Waals surface area contributed by atoms with Crippen molar-refractivity contribution in [2.45, 2.75) is 0 Å². The molecule has 2 amide bonds. The Morgan fingerprint density at radius 1 is 0.730 bits per heavy atom. The third kappa shape index (κ3) is 5.51. The fourth-order valence-electron chi connectivity index (χ4n) is 3.55. The molecule has 184 valence electrons. The maximum absolute atomic E-state index is 12.6. The number of carbonyl (C=O) groups is 2. The van der Waals surface area contributed by atoms with Crippen molar-refractivity contribution in [1.82, 2.24) is 5.32 Å². The lowest BCUT2D eigenvalue weighted by atomic mass is 10.2. The number of carbonyl (C=O) groups excluding carboxylic acids is 2. The van der Waals surface area contributed by atoms with Crippen LogP contribution in [0.4, 0.5) is 11.4 Å². The highest BCUT2D eigenvalue weighted by molar-refractivity contribution is 7.80. The van der Waals surface area contributed by atoms with Crippen LogP contribution in [0.3, 0.4) is 0 Å². The average molecular weight is 550 g/mol. The number of furan rings is 2. The van der Waals surface area contributed by atoms with Gasteiger partial charge in [-0.1, -0.05) is 47.5 Å². The van der Waals surface area contributed by atoms with Gasteiger partial charge in [0, 0.05) is 22.3 Å². The summed E-state index contributed by atoms with van der Waals surface area (Å²) in [4.78, 5) is 25.1. The molecule has 0 fully saturated rings. The first-order valence-electron chi connectivity index (χ1n) is 10.9. The Morgan fingerprint density at radius 2 is 1.46 bits per heavy atom. The highest BCUT2D eigenvalue weighted by atomic mass is 35.5. The van der Waals surface area contributed by atoms with Crippen LogP contribution in [0.5, 0.6) is 0 Å². The number of hydrogen-bond donors (Lipinski definition) is 3. The van der Waals surface area contributed by atoms with E-state index in [1.807, 2.05) is 18.2 Å². The van der Waals surface area contributed by atoms with E-state index in [9.17, 15) is 9.59 Å². The van der Waals surface area contributed by atoms with Gasteiger partial charge in [-0.3, -0.25) is 14.9 Å². The van der Waals surface area contributed by atoms with E-state index in [0.29, 0.717) is 38.3 Å². The number of nitrogens with one attached hydrogen (secondary N) is 3. The Morgan fingerprint density at radius 3 is 2.22 bits per heavy atom. The smallest absolute Gasteiger partial charge is 0.293 e. The van der Waals surface area contributed by atoms with Gasteiger partial charge in [0.05, 0.1) is 10.0 Å². The molecule has 2 aromatic heterocycles. The molecule has 0 aliphatic heterocycles. The molecule has 0 aliphatic carbocycles. The van der Waals surface area contributed by atoms with Gasteiger partial charge in [-0.2, -0.15) is 0 Å². The van der Waals surface area contributed by atoms with Gasteiger partial charge in [-0.15, -0.1) is 0 Å². The maximum atomic E-state index is 12.6. The van der Waals surface area contributed by atoms with E-state index in [1.54, 1.807) is 60.7 Å². The molecule has 3 N–H and O–H groups in total. The summed E-state index contributed by atoms with van der Waals surface area (Å²) in [6, 6.07) is 24.2. The zero-order chi connectivity index (χ0) is 25.9. The molecule has 2 heterocycles. The van der Waals surface area contributed by atoms with E-state index in [4.69, 9.17) is 44.3 Å². The Balaban J connectivity index is 1.17. The summed E-state index contributed by atoms with van der Waals surface area (Å²) in [5.41, 5.74) is 2.38. The highest BCUT2D eigenvalue weighted by Crippen LogP contribution is 2.34. The van der Waals surface area contributed by atoms with Crippen LogP contribution in [-0.4, -0.2) is 16.9 Å². The van der Waals surface area contributed by atoms with Crippen molar-refractivity contribution in [1.29, 1.82) is 0 Å². The number of para-hydroxylation sites is 1. The van der Waals surface area contributed by atoms with E-state index < -0.39 is 5.91 Å². The second-order valence-corrected chi connectivity index (χ2v) is 9.05. The molecule has 5 rings (SSSR count). The van der Waals surface area contributed by atoms with E-state index in [-0.39, 0.29) is 22.5 Å². The predicted octanol–water partition coefficient (Wildman–Crippen LogP) is 7.38. The first kappa shape index (κ1) is 24.6. The number of rotatable bonds is 5. The van der Waals surface area contributed by atoms with Crippen molar-refractivity contribution in [2.24, 2.45) is 0 Å². The number of benzene rings is 3. The van der Waals surface area contributed by atoms with Gasteiger partial charge < -0.3 is 19.5 Å². The summed E-state index contributed by atoms with van der Waals surface area (Å²) in [6.07, 6.45) is 0. The van der Waals surface area contributed by atoms with Crippen molar-refractivity contribution in [2.75, 3.05) is 10.6 Å². The molecule has 5 aromatic rings.